The number of rotatable bonds is 3. The van der Waals surface area contributed by atoms with E-state index in [4.69, 9.17) is 5.10 Å². The average molecular weight is 340 g/mol. The van der Waals surface area contributed by atoms with E-state index in [2.05, 4.69) is 19.1 Å². The van der Waals surface area contributed by atoms with Crippen LogP contribution < -0.4 is 0 Å². The summed E-state index contributed by atoms with van der Waals surface area (Å²) in [4.78, 5) is 0. The smallest absolute Gasteiger partial charge is 0.170 e. The van der Waals surface area contributed by atoms with Crippen LogP contribution in [0.3, 0.4) is 0 Å². The number of benzene rings is 3. The van der Waals surface area contributed by atoms with Crippen LogP contribution >= 0.6 is 0 Å². The van der Waals surface area contributed by atoms with Gasteiger partial charge in [0.2, 0.25) is 0 Å². The molecule has 0 amide bonds. The second kappa shape index (κ2) is 6.52. The Labute approximate surface area is 153 Å². The molecule has 0 unspecified atom stereocenters. The summed E-state index contributed by atoms with van der Waals surface area (Å²) in [5, 5.41) is 15.9. The third-order valence-electron chi connectivity index (χ3n) is 4.54. The van der Waals surface area contributed by atoms with E-state index in [1.807, 2.05) is 78.3 Å². The molecule has 0 aliphatic carbocycles. The van der Waals surface area contributed by atoms with Gasteiger partial charge in [-0.3, -0.25) is 0 Å². The van der Waals surface area contributed by atoms with Crippen molar-refractivity contribution in [3.8, 4) is 34.0 Å². The molecule has 1 heterocycles. The fourth-order valence-corrected chi connectivity index (χ4v) is 3.23. The zero-order valence-electron chi connectivity index (χ0n) is 14.8. The lowest BCUT2D eigenvalue weighted by Crippen LogP contribution is -2.01. The van der Waals surface area contributed by atoms with Gasteiger partial charge in [-0.2, -0.15) is 5.10 Å². The molecule has 0 spiro atoms. The zero-order valence-corrected chi connectivity index (χ0v) is 14.8. The van der Waals surface area contributed by atoms with Crippen LogP contribution in [0.1, 0.15) is 11.1 Å². The molecular weight excluding hydrogens is 320 g/mol. The summed E-state index contributed by atoms with van der Waals surface area (Å²) < 4.78 is 1.85. The van der Waals surface area contributed by atoms with Crippen molar-refractivity contribution in [2.24, 2.45) is 0 Å². The van der Waals surface area contributed by atoms with E-state index in [0.717, 1.165) is 27.9 Å². The van der Waals surface area contributed by atoms with Gasteiger partial charge >= 0.3 is 0 Å². The Morgan fingerprint density at radius 1 is 0.769 bits per heavy atom. The second-order valence-electron chi connectivity index (χ2n) is 6.48. The zero-order chi connectivity index (χ0) is 18.1. The maximum absolute atomic E-state index is 11.1. The van der Waals surface area contributed by atoms with Crippen molar-refractivity contribution in [2.45, 2.75) is 13.8 Å². The van der Waals surface area contributed by atoms with Gasteiger partial charge in [0.25, 0.3) is 0 Å². The normalized spacial score (nSPS) is 10.8. The van der Waals surface area contributed by atoms with Crippen LogP contribution in [-0.4, -0.2) is 14.9 Å². The van der Waals surface area contributed by atoms with Gasteiger partial charge in [0.05, 0.1) is 5.69 Å². The van der Waals surface area contributed by atoms with E-state index in [-0.39, 0.29) is 5.75 Å². The summed E-state index contributed by atoms with van der Waals surface area (Å²) in [6.07, 6.45) is 0. The molecule has 1 N–H and O–H groups in total. The maximum Gasteiger partial charge on any atom is 0.170 e. The molecule has 3 aromatic carbocycles. The fourth-order valence-electron chi connectivity index (χ4n) is 3.23. The SMILES string of the molecule is Cc1cccc(-c2c(O)c(-c3ccccc3)nn2-c2ccccc2C)c1. The van der Waals surface area contributed by atoms with Crippen molar-refractivity contribution in [3.63, 3.8) is 0 Å². The van der Waals surface area contributed by atoms with Crippen molar-refractivity contribution in [3.05, 3.63) is 90.0 Å². The summed E-state index contributed by atoms with van der Waals surface area (Å²) in [6, 6.07) is 26.0. The Hall–Kier alpha value is -3.33. The predicted molar refractivity (Wildman–Crippen MR) is 106 cm³/mol. The summed E-state index contributed by atoms with van der Waals surface area (Å²) in [5.41, 5.74) is 6.34. The van der Waals surface area contributed by atoms with Crippen molar-refractivity contribution in [1.82, 2.24) is 9.78 Å². The molecule has 3 heteroatoms. The van der Waals surface area contributed by atoms with E-state index < -0.39 is 0 Å². The van der Waals surface area contributed by atoms with E-state index in [1.165, 1.54) is 0 Å². The number of aryl methyl sites for hydroxylation is 2. The van der Waals surface area contributed by atoms with Crippen molar-refractivity contribution in [1.29, 1.82) is 0 Å². The molecule has 0 bridgehead atoms. The molecule has 26 heavy (non-hydrogen) atoms. The van der Waals surface area contributed by atoms with Gasteiger partial charge in [-0.1, -0.05) is 72.3 Å². The Bertz CT molecular complexity index is 1060. The molecule has 0 saturated carbocycles. The van der Waals surface area contributed by atoms with Crippen molar-refractivity contribution >= 4 is 0 Å². The van der Waals surface area contributed by atoms with Crippen molar-refractivity contribution < 1.29 is 5.11 Å². The van der Waals surface area contributed by atoms with E-state index in [1.54, 1.807) is 0 Å². The number of aromatic nitrogens is 2. The summed E-state index contributed by atoms with van der Waals surface area (Å²) in [7, 11) is 0. The number of hydrogen-bond acceptors (Lipinski definition) is 2. The van der Waals surface area contributed by atoms with Gasteiger partial charge < -0.3 is 5.11 Å². The van der Waals surface area contributed by atoms with E-state index in [9.17, 15) is 5.11 Å². The molecular formula is C23H20N2O. The highest BCUT2D eigenvalue weighted by atomic mass is 16.3. The summed E-state index contributed by atoms with van der Waals surface area (Å²) in [5.74, 6) is 0.199. The third-order valence-corrected chi connectivity index (χ3v) is 4.54. The number of nitrogens with zero attached hydrogens (tertiary/aromatic N) is 2. The van der Waals surface area contributed by atoms with Gasteiger partial charge in [-0.15, -0.1) is 0 Å². The van der Waals surface area contributed by atoms with Crippen LogP contribution in [0, 0.1) is 13.8 Å². The lowest BCUT2D eigenvalue weighted by molar-refractivity contribution is 0.479. The highest BCUT2D eigenvalue weighted by Crippen LogP contribution is 2.40. The lowest BCUT2D eigenvalue weighted by Gasteiger charge is -2.11. The van der Waals surface area contributed by atoms with E-state index >= 15 is 0 Å². The Morgan fingerprint density at radius 3 is 2.19 bits per heavy atom. The topological polar surface area (TPSA) is 38.1 Å². The summed E-state index contributed by atoms with van der Waals surface area (Å²) >= 11 is 0. The minimum Gasteiger partial charge on any atom is -0.504 e. The predicted octanol–water partition coefficient (Wildman–Crippen LogP) is 5.53. The maximum atomic E-state index is 11.1. The summed E-state index contributed by atoms with van der Waals surface area (Å²) in [6.45, 7) is 4.10. The first-order valence-electron chi connectivity index (χ1n) is 8.65. The Kier molecular flexibility index (Phi) is 4.05. The number of para-hydroxylation sites is 1. The standard InChI is InChI=1S/C23H20N2O/c1-16-9-8-13-19(15-16)22-23(26)21(18-11-4-3-5-12-18)24-25(22)20-14-7-6-10-17(20)2/h3-15,26H,1-2H3. The first kappa shape index (κ1) is 16.2. The first-order chi connectivity index (χ1) is 12.6. The van der Waals surface area contributed by atoms with Crippen LogP contribution in [0.25, 0.3) is 28.2 Å². The van der Waals surface area contributed by atoms with Gasteiger partial charge in [0.1, 0.15) is 11.4 Å². The second-order valence-corrected chi connectivity index (χ2v) is 6.48. The molecule has 3 nitrogen and oxygen atoms in total. The molecule has 128 valence electrons. The van der Waals surface area contributed by atoms with Crippen LogP contribution in [0.15, 0.2) is 78.9 Å². The van der Waals surface area contributed by atoms with E-state index in [0.29, 0.717) is 11.4 Å². The Morgan fingerprint density at radius 2 is 1.46 bits per heavy atom. The molecule has 4 rings (SSSR count). The van der Waals surface area contributed by atoms with Gasteiger partial charge in [0.15, 0.2) is 5.75 Å². The van der Waals surface area contributed by atoms with Crippen LogP contribution in [0.4, 0.5) is 0 Å². The average Bonchev–Trinajstić information content (AvgIpc) is 3.00. The third kappa shape index (κ3) is 2.78. The minimum atomic E-state index is 0.199. The quantitative estimate of drug-likeness (QED) is 0.532. The largest absolute Gasteiger partial charge is 0.504 e. The molecule has 0 atom stereocenters. The lowest BCUT2D eigenvalue weighted by atomic mass is 10.1. The van der Waals surface area contributed by atoms with Gasteiger partial charge in [0, 0.05) is 11.1 Å². The molecule has 0 fully saturated rings. The van der Waals surface area contributed by atoms with Gasteiger partial charge in [-0.25, -0.2) is 4.68 Å². The fraction of sp³-hybridized carbons (Fsp3) is 0.0870. The number of hydrogen-bond donors (Lipinski definition) is 1. The highest BCUT2D eigenvalue weighted by molar-refractivity contribution is 5.79. The molecule has 0 aliphatic rings. The van der Waals surface area contributed by atoms with Crippen LogP contribution in [0.5, 0.6) is 5.75 Å². The van der Waals surface area contributed by atoms with Gasteiger partial charge in [-0.05, 0) is 31.5 Å². The molecule has 0 saturated heterocycles. The highest BCUT2D eigenvalue weighted by Gasteiger charge is 2.21. The van der Waals surface area contributed by atoms with Crippen LogP contribution in [-0.2, 0) is 0 Å². The first-order valence-corrected chi connectivity index (χ1v) is 8.65. The number of aromatic hydroxyl groups is 1. The molecule has 1 aromatic heterocycles. The molecule has 4 aromatic rings. The molecule has 0 aliphatic heterocycles. The molecule has 0 radical (unpaired) electrons. The van der Waals surface area contributed by atoms with Crippen molar-refractivity contribution in [2.75, 3.05) is 0 Å². The van der Waals surface area contributed by atoms with Crippen LogP contribution in [0.2, 0.25) is 0 Å². The minimum absolute atomic E-state index is 0.199. The monoisotopic (exact) mass is 340 g/mol. The Balaban J connectivity index is 2.02.